The van der Waals surface area contributed by atoms with Gasteiger partial charge in [-0.25, -0.2) is 8.42 Å². The van der Waals surface area contributed by atoms with Crippen molar-refractivity contribution in [2.75, 3.05) is 18.1 Å². The third kappa shape index (κ3) is 4.52. The molecule has 0 radical (unpaired) electrons. The van der Waals surface area contributed by atoms with Crippen molar-refractivity contribution >= 4 is 9.84 Å². The van der Waals surface area contributed by atoms with E-state index in [1.807, 2.05) is 0 Å². The first kappa shape index (κ1) is 9.65. The molecule has 0 rings (SSSR count). The van der Waals surface area contributed by atoms with Crippen LogP contribution in [0.1, 0.15) is 6.42 Å². The van der Waals surface area contributed by atoms with Crippen LogP contribution >= 0.6 is 0 Å². The molecular weight excluding hydrogens is 150 g/mol. The molecule has 4 heteroatoms. The first-order valence-electron chi connectivity index (χ1n) is 3.14. The molecule has 0 unspecified atom stereocenters. The van der Waals surface area contributed by atoms with Crippen molar-refractivity contribution in [1.82, 2.24) is 0 Å². The fraction of sp³-hybridized carbons (Fsp3) is 0.667. The van der Waals surface area contributed by atoms with Crippen LogP contribution in [-0.2, 0) is 9.84 Å². The molecule has 0 saturated heterocycles. The van der Waals surface area contributed by atoms with Gasteiger partial charge in [0.2, 0.25) is 0 Å². The van der Waals surface area contributed by atoms with E-state index in [2.05, 4.69) is 6.58 Å². The van der Waals surface area contributed by atoms with Gasteiger partial charge in [0, 0.05) is 0 Å². The Bertz CT molecular complexity index is 184. The van der Waals surface area contributed by atoms with E-state index in [-0.39, 0.29) is 11.5 Å². The van der Waals surface area contributed by atoms with Gasteiger partial charge in [-0.15, -0.1) is 6.58 Å². The van der Waals surface area contributed by atoms with Crippen molar-refractivity contribution in [2.45, 2.75) is 6.42 Å². The second kappa shape index (κ2) is 4.46. The van der Waals surface area contributed by atoms with E-state index < -0.39 is 9.84 Å². The summed E-state index contributed by atoms with van der Waals surface area (Å²) >= 11 is 0. The van der Waals surface area contributed by atoms with Crippen molar-refractivity contribution in [1.29, 1.82) is 0 Å². The van der Waals surface area contributed by atoms with Gasteiger partial charge in [0.05, 0.1) is 11.5 Å². The summed E-state index contributed by atoms with van der Waals surface area (Å²) in [6, 6.07) is 0. The van der Waals surface area contributed by atoms with Crippen molar-refractivity contribution in [2.24, 2.45) is 5.73 Å². The van der Waals surface area contributed by atoms with Crippen LogP contribution in [-0.4, -0.2) is 26.5 Å². The molecule has 0 bridgehead atoms. The molecular formula is C6H13NO2S. The van der Waals surface area contributed by atoms with Gasteiger partial charge in [0.25, 0.3) is 0 Å². The van der Waals surface area contributed by atoms with Gasteiger partial charge in [-0.1, -0.05) is 6.08 Å². The smallest absolute Gasteiger partial charge is 0.153 e. The lowest BCUT2D eigenvalue weighted by Crippen LogP contribution is -2.13. The van der Waals surface area contributed by atoms with E-state index in [9.17, 15) is 8.42 Å². The molecule has 0 heterocycles. The molecule has 2 N–H and O–H groups in total. The van der Waals surface area contributed by atoms with Crippen molar-refractivity contribution < 1.29 is 8.42 Å². The van der Waals surface area contributed by atoms with E-state index in [1.54, 1.807) is 0 Å². The van der Waals surface area contributed by atoms with E-state index in [0.717, 1.165) is 0 Å². The Labute approximate surface area is 61.8 Å². The zero-order valence-electron chi connectivity index (χ0n) is 5.91. The van der Waals surface area contributed by atoms with E-state index >= 15 is 0 Å². The second-order valence-corrected chi connectivity index (χ2v) is 4.27. The summed E-state index contributed by atoms with van der Waals surface area (Å²) in [6.07, 6.45) is 1.93. The minimum atomic E-state index is -2.89. The van der Waals surface area contributed by atoms with Crippen LogP contribution in [0.25, 0.3) is 0 Å². The van der Waals surface area contributed by atoms with Crippen LogP contribution in [0, 0.1) is 0 Å². The van der Waals surface area contributed by atoms with Gasteiger partial charge in [-0.2, -0.15) is 0 Å². The molecule has 0 atom stereocenters. The van der Waals surface area contributed by atoms with Crippen LogP contribution in [0.15, 0.2) is 12.7 Å². The number of sulfone groups is 1. The molecule has 0 spiro atoms. The molecule has 0 amide bonds. The highest BCUT2D eigenvalue weighted by Gasteiger charge is 2.05. The molecule has 0 fully saturated rings. The van der Waals surface area contributed by atoms with Gasteiger partial charge in [-0.3, -0.25) is 0 Å². The molecule has 0 aromatic carbocycles. The molecule has 0 saturated carbocycles. The van der Waals surface area contributed by atoms with E-state index in [1.165, 1.54) is 6.08 Å². The molecule has 0 aliphatic carbocycles. The number of nitrogens with two attached hydrogens (primary N) is 1. The average molecular weight is 163 g/mol. The summed E-state index contributed by atoms with van der Waals surface area (Å²) in [7, 11) is -2.89. The predicted molar refractivity (Wildman–Crippen MR) is 42.5 cm³/mol. The number of hydrogen-bond acceptors (Lipinski definition) is 3. The monoisotopic (exact) mass is 163 g/mol. The largest absolute Gasteiger partial charge is 0.330 e. The topological polar surface area (TPSA) is 60.2 Å². The van der Waals surface area contributed by atoms with Crippen molar-refractivity contribution in [3.8, 4) is 0 Å². The van der Waals surface area contributed by atoms with Gasteiger partial charge >= 0.3 is 0 Å². The molecule has 60 valence electrons. The molecule has 3 nitrogen and oxygen atoms in total. The van der Waals surface area contributed by atoms with Gasteiger partial charge in [0.1, 0.15) is 0 Å². The minimum Gasteiger partial charge on any atom is -0.330 e. The van der Waals surface area contributed by atoms with Crippen LogP contribution in [0.2, 0.25) is 0 Å². The lowest BCUT2D eigenvalue weighted by Gasteiger charge is -1.97. The maximum atomic E-state index is 10.9. The Hall–Kier alpha value is -0.350. The Balaban J connectivity index is 3.76. The molecule has 0 aromatic rings. The zero-order chi connectivity index (χ0) is 8.04. The Morgan fingerprint density at radius 3 is 2.50 bits per heavy atom. The Kier molecular flexibility index (Phi) is 4.31. The summed E-state index contributed by atoms with van der Waals surface area (Å²) in [6.45, 7) is 3.77. The van der Waals surface area contributed by atoms with Gasteiger partial charge in [-0.05, 0) is 13.0 Å². The number of hydrogen-bond donors (Lipinski definition) is 1. The maximum absolute atomic E-state index is 10.9. The standard InChI is InChI=1S/C6H13NO2S/c1-2-5-10(8,9)6-3-4-7/h2H,1,3-7H2. The lowest BCUT2D eigenvalue weighted by molar-refractivity contribution is 0.596. The van der Waals surface area contributed by atoms with Crippen LogP contribution in [0.5, 0.6) is 0 Å². The highest BCUT2D eigenvalue weighted by molar-refractivity contribution is 7.91. The third-order valence-corrected chi connectivity index (χ3v) is 2.69. The van der Waals surface area contributed by atoms with E-state index in [0.29, 0.717) is 13.0 Å². The summed E-state index contributed by atoms with van der Waals surface area (Å²) < 4.78 is 21.7. The SMILES string of the molecule is C=CCS(=O)(=O)CCCN. The van der Waals surface area contributed by atoms with E-state index in [4.69, 9.17) is 5.73 Å². The summed E-state index contributed by atoms with van der Waals surface area (Å²) in [5.74, 6) is 0.239. The van der Waals surface area contributed by atoms with Crippen molar-refractivity contribution in [3.63, 3.8) is 0 Å². The average Bonchev–Trinajstić information content (AvgIpc) is 1.84. The molecule has 0 aliphatic heterocycles. The van der Waals surface area contributed by atoms with Crippen LogP contribution < -0.4 is 5.73 Å². The lowest BCUT2D eigenvalue weighted by atomic mass is 10.5. The fourth-order valence-electron chi connectivity index (χ4n) is 0.566. The molecule has 0 aromatic heterocycles. The first-order valence-corrected chi connectivity index (χ1v) is 4.96. The molecule has 0 aliphatic rings. The first-order chi connectivity index (χ1) is 4.62. The highest BCUT2D eigenvalue weighted by Crippen LogP contribution is 1.92. The summed E-state index contributed by atoms with van der Waals surface area (Å²) in [5, 5.41) is 0. The van der Waals surface area contributed by atoms with Crippen molar-refractivity contribution in [3.05, 3.63) is 12.7 Å². The van der Waals surface area contributed by atoms with Crippen LogP contribution in [0.4, 0.5) is 0 Å². The maximum Gasteiger partial charge on any atom is 0.153 e. The summed E-state index contributed by atoms with van der Waals surface area (Å²) in [5.41, 5.74) is 5.14. The normalized spacial score (nSPS) is 11.3. The fourth-order valence-corrected chi connectivity index (χ4v) is 1.70. The van der Waals surface area contributed by atoms with Gasteiger partial charge < -0.3 is 5.73 Å². The minimum absolute atomic E-state index is 0.0625. The third-order valence-electron chi connectivity index (χ3n) is 1.03. The number of rotatable bonds is 5. The molecule has 10 heavy (non-hydrogen) atoms. The van der Waals surface area contributed by atoms with Gasteiger partial charge in [0.15, 0.2) is 9.84 Å². The van der Waals surface area contributed by atoms with Crippen LogP contribution in [0.3, 0.4) is 0 Å². The predicted octanol–water partition coefficient (Wildman–Crippen LogP) is -0.0640. The second-order valence-electron chi connectivity index (χ2n) is 2.05. The zero-order valence-corrected chi connectivity index (χ0v) is 6.73. The summed E-state index contributed by atoms with van der Waals surface area (Å²) in [4.78, 5) is 0. The Morgan fingerprint density at radius 2 is 2.10 bits per heavy atom. The highest BCUT2D eigenvalue weighted by atomic mass is 32.2. The quantitative estimate of drug-likeness (QED) is 0.577. The Morgan fingerprint density at radius 1 is 1.50 bits per heavy atom.